The maximum absolute atomic E-state index is 11.9. The molecule has 126 valence electrons. The number of carboxylic acid groups (broad SMARTS) is 1. The second-order valence-corrected chi connectivity index (χ2v) is 6.02. The van der Waals surface area contributed by atoms with Crippen LogP contribution >= 0.6 is 0 Å². The van der Waals surface area contributed by atoms with Crippen molar-refractivity contribution in [1.29, 1.82) is 0 Å². The van der Waals surface area contributed by atoms with Crippen LogP contribution in [-0.2, 0) is 9.59 Å². The second kappa shape index (κ2) is 7.35. The fourth-order valence-corrected chi connectivity index (χ4v) is 2.63. The SMILES string of the molecule is COc1ccc(OC(C)CNC(=O)CC2(C(=O)O)CCC2)cc1. The Labute approximate surface area is 135 Å². The van der Waals surface area contributed by atoms with Gasteiger partial charge < -0.3 is 19.9 Å². The molecule has 0 bridgehead atoms. The lowest BCUT2D eigenvalue weighted by Crippen LogP contribution is -2.44. The predicted molar refractivity (Wildman–Crippen MR) is 84.6 cm³/mol. The summed E-state index contributed by atoms with van der Waals surface area (Å²) in [6.07, 6.45) is 1.85. The molecule has 1 aromatic carbocycles. The first-order chi connectivity index (χ1) is 10.9. The molecule has 0 aromatic heterocycles. The van der Waals surface area contributed by atoms with Crippen LogP contribution in [0.4, 0.5) is 0 Å². The van der Waals surface area contributed by atoms with E-state index in [1.54, 1.807) is 31.4 Å². The summed E-state index contributed by atoms with van der Waals surface area (Å²) in [6, 6.07) is 7.19. The Balaban J connectivity index is 1.76. The summed E-state index contributed by atoms with van der Waals surface area (Å²) in [6.45, 7) is 2.18. The minimum Gasteiger partial charge on any atom is -0.497 e. The van der Waals surface area contributed by atoms with Crippen LogP contribution in [0.5, 0.6) is 11.5 Å². The van der Waals surface area contributed by atoms with Gasteiger partial charge in [-0.2, -0.15) is 0 Å². The van der Waals surface area contributed by atoms with Gasteiger partial charge in [0.05, 0.1) is 19.1 Å². The Bertz CT molecular complexity index is 551. The fraction of sp³-hybridized carbons (Fsp3) is 0.529. The second-order valence-electron chi connectivity index (χ2n) is 6.02. The number of aliphatic carboxylic acids is 1. The molecule has 0 saturated heterocycles. The van der Waals surface area contributed by atoms with Gasteiger partial charge in [-0.3, -0.25) is 9.59 Å². The number of hydrogen-bond acceptors (Lipinski definition) is 4. The Morgan fingerprint density at radius 3 is 2.35 bits per heavy atom. The van der Waals surface area contributed by atoms with E-state index in [0.717, 1.165) is 12.2 Å². The van der Waals surface area contributed by atoms with Gasteiger partial charge in [-0.1, -0.05) is 6.42 Å². The molecule has 1 aliphatic rings. The zero-order chi connectivity index (χ0) is 16.9. The quantitative estimate of drug-likeness (QED) is 0.767. The Morgan fingerprint density at radius 2 is 1.87 bits per heavy atom. The lowest BCUT2D eigenvalue weighted by molar-refractivity contribution is -0.157. The largest absolute Gasteiger partial charge is 0.497 e. The van der Waals surface area contributed by atoms with Crippen LogP contribution in [0.25, 0.3) is 0 Å². The molecule has 6 nitrogen and oxygen atoms in total. The number of carbonyl (C=O) groups is 2. The molecule has 0 radical (unpaired) electrons. The van der Waals surface area contributed by atoms with Gasteiger partial charge in [0.15, 0.2) is 0 Å². The van der Waals surface area contributed by atoms with Crippen LogP contribution in [0.1, 0.15) is 32.6 Å². The van der Waals surface area contributed by atoms with Crippen LogP contribution in [-0.4, -0.2) is 36.7 Å². The average molecular weight is 321 g/mol. The Hall–Kier alpha value is -2.24. The molecule has 1 atom stereocenters. The number of rotatable bonds is 8. The minimum atomic E-state index is -0.874. The summed E-state index contributed by atoms with van der Waals surface area (Å²) >= 11 is 0. The summed E-state index contributed by atoms with van der Waals surface area (Å²) in [5.41, 5.74) is -0.857. The number of amides is 1. The van der Waals surface area contributed by atoms with Crippen LogP contribution < -0.4 is 14.8 Å². The molecule has 0 spiro atoms. The van der Waals surface area contributed by atoms with Crippen molar-refractivity contribution in [2.75, 3.05) is 13.7 Å². The Morgan fingerprint density at radius 1 is 1.26 bits per heavy atom. The van der Waals surface area contributed by atoms with Crippen molar-refractivity contribution in [3.8, 4) is 11.5 Å². The summed E-state index contributed by atoms with van der Waals surface area (Å²) < 4.78 is 10.8. The number of ether oxygens (including phenoxy) is 2. The minimum absolute atomic E-state index is 0.0393. The van der Waals surface area contributed by atoms with Gasteiger partial charge in [0.2, 0.25) is 5.91 Å². The summed E-state index contributed by atoms with van der Waals surface area (Å²) in [5, 5.41) is 12.0. The van der Waals surface area contributed by atoms with Crippen molar-refractivity contribution in [2.24, 2.45) is 5.41 Å². The van der Waals surface area contributed by atoms with E-state index in [4.69, 9.17) is 9.47 Å². The molecule has 6 heteroatoms. The van der Waals surface area contributed by atoms with Crippen LogP contribution in [0.15, 0.2) is 24.3 Å². The molecule has 2 rings (SSSR count). The normalized spacial score (nSPS) is 16.8. The molecular formula is C17H23NO5. The fourth-order valence-electron chi connectivity index (χ4n) is 2.63. The monoisotopic (exact) mass is 321 g/mol. The highest BCUT2D eigenvalue weighted by atomic mass is 16.5. The van der Waals surface area contributed by atoms with Crippen LogP contribution in [0.2, 0.25) is 0 Å². The maximum atomic E-state index is 11.9. The van der Waals surface area contributed by atoms with Gasteiger partial charge in [0.25, 0.3) is 0 Å². The molecule has 23 heavy (non-hydrogen) atoms. The lowest BCUT2D eigenvalue weighted by Gasteiger charge is -2.37. The molecule has 0 heterocycles. The molecule has 1 aromatic rings. The van der Waals surface area contributed by atoms with Crippen molar-refractivity contribution in [1.82, 2.24) is 5.32 Å². The summed E-state index contributed by atoms with van der Waals surface area (Å²) in [5.74, 6) is 0.324. The van der Waals surface area contributed by atoms with Crippen molar-refractivity contribution >= 4 is 11.9 Å². The number of hydrogen-bond donors (Lipinski definition) is 2. The third-order valence-electron chi connectivity index (χ3n) is 4.25. The smallest absolute Gasteiger partial charge is 0.310 e. The third kappa shape index (κ3) is 4.37. The van der Waals surface area contributed by atoms with Crippen molar-refractivity contribution in [3.63, 3.8) is 0 Å². The van der Waals surface area contributed by atoms with Gasteiger partial charge in [0, 0.05) is 6.42 Å². The highest BCUT2D eigenvalue weighted by Crippen LogP contribution is 2.44. The maximum Gasteiger partial charge on any atom is 0.310 e. The number of nitrogens with one attached hydrogen (secondary N) is 1. The zero-order valence-corrected chi connectivity index (χ0v) is 13.5. The number of methoxy groups -OCH3 is 1. The molecule has 1 aliphatic carbocycles. The molecule has 2 N–H and O–H groups in total. The third-order valence-corrected chi connectivity index (χ3v) is 4.25. The average Bonchev–Trinajstić information content (AvgIpc) is 2.49. The molecule has 1 fully saturated rings. The standard InChI is InChI=1S/C17H23NO5/c1-12(23-14-6-4-13(22-2)5-7-14)11-18-15(19)10-17(16(20)21)8-3-9-17/h4-7,12H,3,8-11H2,1-2H3,(H,18,19)(H,20,21). The molecule has 1 saturated carbocycles. The highest BCUT2D eigenvalue weighted by molar-refractivity contribution is 5.85. The van der Waals surface area contributed by atoms with Gasteiger partial charge in [-0.05, 0) is 44.0 Å². The summed E-state index contributed by atoms with van der Waals surface area (Å²) in [4.78, 5) is 23.2. The van der Waals surface area contributed by atoms with E-state index in [-0.39, 0.29) is 18.4 Å². The van der Waals surface area contributed by atoms with Gasteiger partial charge in [-0.15, -0.1) is 0 Å². The predicted octanol–water partition coefficient (Wildman–Crippen LogP) is 2.22. The lowest BCUT2D eigenvalue weighted by atomic mass is 9.66. The van der Waals surface area contributed by atoms with Gasteiger partial charge in [-0.25, -0.2) is 0 Å². The topological polar surface area (TPSA) is 84.9 Å². The molecular weight excluding hydrogens is 298 g/mol. The van der Waals surface area contributed by atoms with E-state index in [2.05, 4.69) is 5.32 Å². The number of carboxylic acids is 1. The first-order valence-electron chi connectivity index (χ1n) is 7.76. The van der Waals surface area contributed by atoms with E-state index < -0.39 is 11.4 Å². The molecule has 0 aliphatic heterocycles. The van der Waals surface area contributed by atoms with Gasteiger partial charge >= 0.3 is 5.97 Å². The van der Waals surface area contributed by atoms with E-state index >= 15 is 0 Å². The van der Waals surface area contributed by atoms with Crippen LogP contribution in [0, 0.1) is 5.41 Å². The first kappa shape index (κ1) is 17.1. The van der Waals surface area contributed by atoms with Crippen molar-refractivity contribution in [2.45, 2.75) is 38.7 Å². The Kier molecular flexibility index (Phi) is 5.47. The summed E-state index contributed by atoms with van der Waals surface area (Å²) in [7, 11) is 1.60. The van der Waals surface area contributed by atoms with Gasteiger partial charge in [0.1, 0.15) is 17.6 Å². The zero-order valence-electron chi connectivity index (χ0n) is 13.5. The van der Waals surface area contributed by atoms with E-state index in [1.807, 2.05) is 6.92 Å². The van der Waals surface area contributed by atoms with Crippen molar-refractivity contribution < 1.29 is 24.2 Å². The molecule has 1 unspecified atom stereocenters. The highest BCUT2D eigenvalue weighted by Gasteiger charge is 2.45. The number of carbonyl (C=O) groups excluding carboxylic acids is 1. The van der Waals surface area contributed by atoms with Crippen LogP contribution in [0.3, 0.4) is 0 Å². The van der Waals surface area contributed by atoms with E-state index in [1.165, 1.54) is 0 Å². The molecule has 1 amide bonds. The van der Waals surface area contributed by atoms with Crippen molar-refractivity contribution in [3.05, 3.63) is 24.3 Å². The first-order valence-corrected chi connectivity index (χ1v) is 7.76. The van der Waals surface area contributed by atoms with E-state index in [0.29, 0.717) is 25.1 Å². The van der Waals surface area contributed by atoms with E-state index in [9.17, 15) is 14.7 Å². The number of benzene rings is 1.